The maximum absolute atomic E-state index is 13.0. The second-order valence-electron chi connectivity index (χ2n) is 5.22. The van der Waals surface area contributed by atoms with Crippen LogP contribution in [-0.4, -0.2) is 17.8 Å². The molecule has 19 heavy (non-hydrogen) atoms. The van der Waals surface area contributed by atoms with Crippen molar-refractivity contribution < 1.29 is 9.50 Å². The van der Waals surface area contributed by atoms with E-state index in [1.54, 1.807) is 12.1 Å². The molecule has 0 fully saturated rings. The lowest BCUT2D eigenvalue weighted by molar-refractivity contribution is 0.0722. The fraction of sp³-hybridized carbons (Fsp3) is 0.625. The van der Waals surface area contributed by atoms with E-state index in [0.29, 0.717) is 6.54 Å². The van der Waals surface area contributed by atoms with Gasteiger partial charge in [0.05, 0.1) is 6.10 Å². The number of nitrogens with two attached hydrogens (primary N) is 1. The first-order valence-electron chi connectivity index (χ1n) is 7.27. The van der Waals surface area contributed by atoms with Crippen molar-refractivity contribution in [1.29, 1.82) is 0 Å². The lowest BCUT2D eigenvalue weighted by Crippen LogP contribution is -2.32. The summed E-state index contributed by atoms with van der Waals surface area (Å²) < 4.78 is 13.0. The number of halogens is 1. The molecule has 2 unspecified atom stereocenters. The Morgan fingerprint density at radius 1 is 1.11 bits per heavy atom. The van der Waals surface area contributed by atoms with Crippen LogP contribution in [0.25, 0.3) is 0 Å². The summed E-state index contributed by atoms with van der Waals surface area (Å²) in [6, 6.07) is 6.31. The number of rotatable bonds is 8. The molecule has 3 N–H and O–H groups in total. The first-order chi connectivity index (χ1) is 9.13. The van der Waals surface area contributed by atoms with Crippen LogP contribution in [0.5, 0.6) is 0 Å². The summed E-state index contributed by atoms with van der Waals surface area (Å²) in [6.07, 6.45) is 3.68. The molecular formula is C16H26FNO. The third-order valence-corrected chi connectivity index (χ3v) is 3.77. The Hall–Kier alpha value is -0.930. The molecule has 0 aliphatic heterocycles. The van der Waals surface area contributed by atoms with Crippen molar-refractivity contribution in [3.63, 3.8) is 0 Å². The molecule has 0 saturated carbocycles. The van der Waals surface area contributed by atoms with E-state index >= 15 is 0 Å². The fourth-order valence-electron chi connectivity index (χ4n) is 2.74. The minimum atomic E-state index is -0.449. The van der Waals surface area contributed by atoms with Crippen LogP contribution in [0.2, 0.25) is 0 Å². The maximum Gasteiger partial charge on any atom is 0.123 e. The number of hydrogen-bond donors (Lipinski definition) is 2. The summed E-state index contributed by atoms with van der Waals surface area (Å²) in [5.41, 5.74) is 6.74. The molecule has 2 nitrogen and oxygen atoms in total. The zero-order valence-corrected chi connectivity index (χ0v) is 12.0. The summed E-state index contributed by atoms with van der Waals surface area (Å²) in [4.78, 5) is 0. The van der Waals surface area contributed by atoms with Crippen molar-refractivity contribution in [3.05, 3.63) is 35.6 Å². The van der Waals surface area contributed by atoms with Crippen LogP contribution < -0.4 is 5.73 Å². The van der Waals surface area contributed by atoms with Crippen molar-refractivity contribution in [2.75, 3.05) is 6.54 Å². The third-order valence-electron chi connectivity index (χ3n) is 3.77. The van der Waals surface area contributed by atoms with Gasteiger partial charge >= 0.3 is 0 Å². The molecule has 0 amide bonds. The van der Waals surface area contributed by atoms with Crippen LogP contribution >= 0.6 is 0 Å². The van der Waals surface area contributed by atoms with Crippen molar-refractivity contribution in [2.45, 2.75) is 51.6 Å². The van der Waals surface area contributed by atoms with Gasteiger partial charge in [-0.2, -0.15) is 0 Å². The van der Waals surface area contributed by atoms with Crippen LogP contribution in [-0.2, 0) is 0 Å². The molecule has 0 bridgehead atoms. The van der Waals surface area contributed by atoms with E-state index in [4.69, 9.17) is 5.73 Å². The minimum absolute atomic E-state index is 0.108. The van der Waals surface area contributed by atoms with Gasteiger partial charge in [0.2, 0.25) is 0 Å². The zero-order valence-electron chi connectivity index (χ0n) is 12.0. The molecule has 2 atom stereocenters. The Labute approximate surface area is 115 Å². The first kappa shape index (κ1) is 16.1. The van der Waals surface area contributed by atoms with Crippen LogP contribution in [0.3, 0.4) is 0 Å². The molecule has 0 radical (unpaired) electrons. The Bertz CT molecular complexity index is 346. The van der Waals surface area contributed by atoms with E-state index in [2.05, 4.69) is 13.8 Å². The number of benzene rings is 1. The van der Waals surface area contributed by atoms with E-state index in [1.165, 1.54) is 12.1 Å². The topological polar surface area (TPSA) is 46.2 Å². The number of aliphatic hydroxyl groups is 1. The van der Waals surface area contributed by atoms with Crippen molar-refractivity contribution in [2.24, 2.45) is 11.7 Å². The molecule has 1 aromatic carbocycles. The molecule has 0 aliphatic carbocycles. The molecule has 3 heteroatoms. The van der Waals surface area contributed by atoms with Gasteiger partial charge in [-0.15, -0.1) is 0 Å². The fourth-order valence-corrected chi connectivity index (χ4v) is 2.74. The Kier molecular flexibility index (Phi) is 7.03. The Balaban J connectivity index is 2.84. The van der Waals surface area contributed by atoms with Crippen molar-refractivity contribution in [3.8, 4) is 0 Å². The van der Waals surface area contributed by atoms with Gasteiger partial charge in [-0.3, -0.25) is 0 Å². The normalized spacial score (nSPS) is 14.6. The highest BCUT2D eigenvalue weighted by Gasteiger charge is 2.26. The van der Waals surface area contributed by atoms with Crippen molar-refractivity contribution >= 4 is 0 Å². The smallest absolute Gasteiger partial charge is 0.123 e. The quantitative estimate of drug-likeness (QED) is 0.758. The zero-order chi connectivity index (χ0) is 14.3. The predicted octanol–water partition coefficient (Wildman–Crippen LogP) is 3.45. The Morgan fingerprint density at radius 3 is 2.05 bits per heavy atom. The largest absolute Gasteiger partial charge is 0.392 e. The highest BCUT2D eigenvalue weighted by Crippen LogP contribution is 2.29. The van der Waals surface area contributed by atoms with Gasteiger partial charge in [-0.25, -0.2) is 4.39 Å². The van der Waals surface area contributed by atoms with Gasteiger partial charge in [0.15, 0.2) is 0 Å². The van der Waals surface area contributed by atoms with Gasteiger partial charge in [0.1, 0.15) is 5.82 Å². The summed E-state index contributed by atoms with van der Waals surface area (Å²) in [5, 5.41) is 10.6. The maximum atomic E-state index is 13.0. The summed E-state index contributed by atoms with van der Waals surface area (Å²) >= 11 is 0. The van der Waals surface area contributed by atoms with E-state index in [-0.39, 0.29) is 17.7 Å². The highest BCUT2D eigenvalue weighted by molar-refractivity contribution is 5.22. The molecule has 0 saturated heterocycles. The van der Waals surface area contributed by atoms with Gasteiger partial charge < -0.3 is 10.8 Å². The van der Waals surface area contributed by atoms with Gasteiger partial charge in [-0.05, 0) is 36.5 Å². The third kappa shape index (κ3) is 4.59. The monoisotopic (exact) mass is 267 g/mol. The molecule has 108 valence electrons. The van der Waals surface area contributed by atoms with Crippen LogP contribution in [0.4, 0.5) is 4.39 Å². The number of hydrogen-bond acceptors (Lipinski definition) is 2. The van der Waals surface area contributed by atoms with E-state index in [9.17, 15) is 9.50 Å². The lowest BCUT2D eigenvalue weighted by atomic mass is 9.81. The van der Waals surface area contributed by atoms with Crippen LogP contribution in [0.15, 0.2) is 24.3 Å². The van der Waals surface area contributed by atoms with E-state index in [0.717, 1.165) is 31.2 Å². The average Bonchev–Trinajstić information content (AvgIpc) is 2.41. The van der Waals surface area contributed by atoms with Gasteiger partial charge in [0, 0.05) is 12.5 Å². The van der Waals surface area contributed by atoms with E-state index < -0.39 is 6.10 Å². The van der Waals surface area contributed by atoms with Gasteiger partial charge in [-0.1, -0.05) is 38.8 Å². The molecular weight excluding hydrogens is 241 g/mol. The predicted molar refractivity (Wildman–Crippen MR) is 77.5 cm³/mol. The van der Waals surface area contributed by atoms with Crippen LogP contribution in [0.1, 0.15) is 51.0 Å². The molecule has 0 aromatic heterocycles. The second kappa shape index (κ2) is 8.28. The standard InChI is InChI=1S/C16H26FNO/c1-3-5-13(6-4-2)16(19)15(11-18)12-7-9-14(17)10-8-12/h7-10,13,15-16,19H,3-6,11,18H2,1-2H3. The Morgan fingerprint density at radius 2 is 1.63 bits per heavy atom. The van der Waals surface area contributed by atoms with Crippen molar-refractivity contribution in [1.82, 2.24) is 0 Å². The summed E-state index contributed by atoms with van der Waals surface area (Å²) in [7, 11) is 0. The molecule has 0 aliphatic rings. The second-order valence-corrected chi connectivity index (χ2v) is 5.22. The minimum Gasteiger partial charge on any atom is -0.392 e. The molecule has 0 heterocycles. The first-order valence-corrected chi connectivity index (χ1v) is 7.27. The van der Waals surface area contributed by atoms with Gasteiger partial charge in [0.25, 0.3) is 0 Å². The molecule has 1 rings (SSSR count). The SMILES string of the molecule is CCCC(CCC)C(O)C(CN)c1ccc(F)cc1. The highest BCUT2D eigenvalue weighted by atomic mass is 19.1. The molecule has 0 spiro atoms. The molecule has 1 aromatic rings. The van der Waals surface area contributed by atoms with Crippen LogP contribution in [0, 0.1) is 11.7 Å². The average molecular weight is 267 g/mol. The summed E-state index contributed by atoms with van der Waals surface area (Å²) in [6.45, 7) is 4.65. The van der Waals surface area contributed by atoms with E-state index in [1.807, 2.05) is 0 Å². The lowest BCUT2D eigenvalue weighted by Gasteiger charge is -2.29. The number of aliphatic hydroxyl groups excluding tert-OH is 1. The summed E-state index contributed by atoms with van der Waals surface area (Å²) in [5.74, 6) is -0.0926.